The summed E-state index contributed by atoms with van der Waals surface area (Å²) in [6, 6.07) is 9.80. The summed E-state index contributed by atoms with van der Waals surface area (Å²) in [5.41, 5.74) is 3.05. The average molecular weight is 328 g/mol. The monoisotopic (exact) mass is 328 g/mol. The summed E-state index contributed by atoms with van der Waals surface area (Å²) < 4.78 is 0. The van der Waals surface area contributed by atoms with Crippen molar-refractivity contribution in [3.63, 3.8) is 0 Å². The lowest BCUT2D eigenvalue weighted by Crippen LogP contribution is -2.23. The summed E-state index contributed by atoms with van der Waals surface area (Å²) in [5, 5.41) is 7.04. The van der Waals surface area contributed by atoms with Gasteiger partial charge in [-0.05, 0) is 52.9 Å². The molecule has 0 radical (unpaired) electrons. The molecule has 1 N–H and O–H groups in total. The first-order chi connectivity index (χ1) is 11.2. The SMILES string of the molecule is O=C(CCc1ccsc1)Nc1cccc(CN2CCCC2=O)c1. The number of carbonyl (C=O) groups excluding carboxylic acids is 2. The standard InChI is InChI=1S/C18H20N2O2S/c21-17(7-6-14-8-10-23-13-14)19-16-4-1-3-15(11-16)12-20-9-2-5-18(20)22/h1,3-4,8,10-11,13H,2,5-7,9,12H2,(H,19,21). The molecule has 0 atom stereocenters. The van der Waals surface area contributed by atoms with Crippen molar-refractivity contribution in [1.82, 2.24) is 4.90 Å². The number of carbonyl (C=O) groups is 2. The molecule has 0 unspecified atom stereocenters. The van der Waals surface area contributed by atoms with Gasteiger partial charge in [-0.1, -0.05) is 12.1 Å². The van der Waals surface area contributed by atoms with Gasteiger partial charge in [0.2, 0.25) is 11.8 Å². The highest BCUT2D eigenvalue weighted by atomic mass is 32.1. The molecule has 0 aliphatic carbocycles. The molecule has 2 aromatic rings. The molecule has 2 amide bonds. The van der Waals surface area contributed by atoms with Crippen molar-refractivity contribution in [2.45, 2.75) is 32.2 Å². The highest BCUT2D eigenvalue weighted by Crippen LogP contribution is 2.17. The lowest BCUT2D eigenvalue weighted by atomic mass is 10.1. The molecule has 1 saturated heterocycles. The predicted molar refractivity (Wildman–Crippen MR) is 92.4 cm³/mol. The Morgan fingerprint density at radius 3 is 2.91 bits per heavy atom. The third-order valence-corrected chi connectivity index (χ3v) is 4.71. The first kappa shape index (κ1) is 15.7. The van der Waals surface area contributed by atoms with Gasteiger partial charge in [0.05, 0.1) is 0 Å². The van der Waals surface area contributed by atoms with Gasteiger partial charge in [-0.15, -0.1) is 0 Å². The molecule has 1 aliphatic rings. The maximum absolute atomic E-state index is 12.0. The third kappa shape index (κ3) is 4.42. The van der Waals surface area contributed by atoms with E-state index in [9.17, 15) is 9.59 Å². The van der Waals surface area contributed by atoms with Crippen LogP contribution in [0.15, 0.2) is 41.1 Å². The summed E-state index contributed by atoms with van der Waals surface area (Å²) in [7, 11) is 0. The van der Waals surface area contributed by atoms with Gasteiger partial charge in [0, 0.05) is 31.6 Å². The number of rotatable bonds is 6. The largest absolute Gasteiger partial charge is 0.338 e. The highest BCUT2D eigenvalue weighted by molar-refractivity contribution is 7.07. The van der Waals surface area contributed by atoms with Crippen molar-refractivity contribution in [1.29, 1.82) is 0 Å². The fraction of sp³-hybridized carbons (Fsp3) is 0.333. The minimum Gasteiger partial charge on any atom is -0.338 e. The second kappa shape index (κ2) is 7.42. The second-order valence-corrected chi connectivity index (χ2v) is 6.58. The van der Waals surface area contributed by atoms with Gasteiger partial charge in [-0.2, -0.15) is 11.3 Å². The Morgan fingerprint density at radius 2 is 2.17 bits per heavy atom. The van der Waals surface area contributed by atoms with E-state index in [-0.39, 0.29) is 11.8 Å². The molecule has 0 bridgehead atoms. The maximum Gasteiger partial charge on any atom is 0.224 e. The van der Waals surface area contributed by atoms with Gasteiger partial charge < -0.3 is 10.2 Å². The first-order valence-electron chi connectivity index (χ1n) is 7.88. The number of hydrogen-bond acceptors (Lipinski definition) is 3. The predicted octanol–water partition coefficient (Wildman–Crippen LogP) is 3.44. The molecule has 5 heteroatoms. The van der Waals surface area contributed by atoms with Crippen LogP contribution in [0.4, 0.5) is 5.69 Å². The molecular formula is C18H20N2O2S. The quantitative estimate of drug-likeness (QED) is 0.883. The second-order valence-electron chi connectivity index (χ2n) is 5.80. The Kier molecular flexibility index (Phi) is 5.08. The summed E-state index contributed by atoms with van der Waals surface area (Å²) in [4.78, 5) is 25.6. The van der Waals surface area contributed by atoms with E-state index in [2.05, 4.69) is 10.7 Å². The topological polar surface area (TPSA) is 49.4 Å². The third-order valence-electron chi connectivity index (χ3n) is 3.98. The Bertz CT molecular complexity index is 682. The molecule has 1 aromatic heterocycles. The number of thiophene rings is 1. The molecule has 0 saturated carbocycles. The van der Waals surface area contributed by atoms with E-state index in [1.165, 1.54) is 5.56 Å². The van der Waals surface area contributed by atoms with E-state index in [0.717, 1.165) is 30.6 Å². The number of hydrogen-bond donors (Lipinski definition) is 1. The van der Waals surface area contributed by atoms with E-state index >= 15 is 0 Å². The smallest absolute Gasteiger partial charge is 0.224 e. The van der Waals surface area contributed by atoms with Gasteiger partial charge in [-0.3, -0.25) is 9.59 Å². The van der Waals surface area contributed by atoms with Crippen LogP contribution in [0.25, 0.3) is 0 Å². The van der Waals surface area contributed by atoms with Crippen molar-refractivity contribution in [3.8, 4) is 0 Å². The van der Waals surface area contributed by atoms with Crippen molar-refractivity contribution < 1.29 is 9.59 Å². The molecule has 1 aromatic carbocycles. The van der Waals surface area contributed by atoms with Gasteiger partial charge in [0.25, 0.3) is 0 Å². The molecule has 4 nitrogen and oxygen atoms in total. The lowest BCUT2D eigenvalue weighted by molar-refractivity contribution is -0.128. The molecule has 1 aliphatic heterocycles. The number of likely N-dealkylation sites (tertiary alicyclic amines) is 1. The summed E-state index contributed by atoms with van der Waals surface area (Å²) in [5.74, 6) is 0.237. The van der Waals surface area contributed by atoms with Crippen molar-refractivity contribution in [3.05, 3.63) is 52.2 Å². The van der Waals surface area contributed by atoms with Gasteiger partial charge in [0.15, 0.2) is 0 Å². The van der Waals surface area contributed by atoms with Gasteiger partial charge >= 0.3 is 0 Å². The van der Waals surface area contributed by atoms with Crippen LogP contribution in [0.3, 0.4) is 0 Å². The van der Waals surface area contributed by atoms with Crippen molar-refractivity contribution >= 4 is 28.8 Å². The van der Waals surface area contributed by atoms with Gasteiger partial charge in [-0.25, -0.2) is 0 Å². The Morgan fingerprint density at radius 1 is 1.26 bits per heavy atom. The molecule has 0 spiro atoms. The van der Waals surface area contributed by atoms with Crippen LogP contribution < -0.4 is 5.32 Å². The number of nitrogens with zero attached hydrogens (tertiary/aromatic N) is 1. The van der Waals surface area contributed by atoms with Crippen molar-refractivity contribution in [2.75, 3.05) is 11.9 Å². The maximum atomic E-state index is 12.0. The van der Waals surface area contributed by atoms with Crippen LogP contribution in [-0.4, -0.2) is 23.3 Å². The molecule has 23 heavy (non-hydrogen) atoms. The molecule has 3 rings (SSSR count). The van der Waals surface area contributed by atoms with E-state index in [4.69, 9.17) is 0 Å². The normalized spacial score (nSPS) is 14.3. The zero-order chi connectivity index (χ0) is 16.1. The molecule has 1 fully saturated rings. The average Bonchev–Trinajstić information content (AvgIpc) is 3.18. The Balaban J connectivity index is 1.54. The fourth-order valence-electron chi connectivity index (χ4n) is 2.76. The van der Waals surface area contributed by atoms with Crippen LogP contribution in [0.2, 0.25) is 0 Å². The Labute approximate surface area is 140 Å². The van der Waals surface area contributed by atoms with Crippen LogP contribution >= 0.6 is 11.3 Å². The van der Waals surface area contributed by atoms with E-state index < -0.39 is 0 Å². The van der Waals surface area contributed by atoms with Gasteiger partial charge in [0.1, 0.15) is 0 Å². The highest BCUT2D eigenvalue weighted by Gasteiger charge is 2.19. The zero-order valence-electron chi connectivity index (χ0n) is 13.0. The van der Waals surface area contributed by atoms with Crippen molar-refractivity contribution in [2.24, 2.45) is 0 Å². The van der Waals surface area contributed by atoms with E-state index in [1.807, 2.05) is 40.6 Å². The van der Waals surface area contributed by atoms with E-state index in [0.29, 0.717) is 19.4 Å². The minimum absolute atomic E-state index is 0.0191. The number of benzene rings is 1. The molecule has 2 heterocycles. The summed E-state index contributed by atoms with van der Waals surface area (Å²) >= 11 is 1.65. The minimum atomic E-state index is 0.0191. The van der Waals surface area contributed by atoms with Crippen LogP contribution in [0, 0.1) is 0 Å². The number of aryl methyl sites for hydroxylation is 1. The zero-order valence-corrected chi connectivity index (χ0v) is 13.8. The first-order valence-corrected chi connectivity index (χ1v) is 8.82. The summed E-state index contributed by atoms with van der Waals surface area (Å²) in [6.07, 6.45) is 2.83. The number of amides is 2. The van der Waals surface area contributed by atoms with E-state index in [1.54, 1.807) is 11.3 Å². The van der Waals surface area contributed by atoms with Crippen LogP contribution in [-0.2, 0) is 22.6 Å². The summed E-state index contributed by atoms with van der Waals surface area (Å²) in [6.45, 7) is 1.45. The number of nitrogens with one attached hydrogen (secondary N) is 1. The molecular weight excluding hydrogens is 308 g/mol. The Hall–Kier alpha value is -2.14. The lowest BCUT2D eigenvalue weighted by Gasteiger charge is -2.16. The number of anilines is 1. The van der Waals surface area contributed by atoms with Crippen LogP contribution in [0.5, 0.6) is 0 Å². The van der Waals surface area contributed by atoms with Crippen LogP contribution in [0.1, 0.15) is 30.4 Å². The fourth-order valence-corrected chi connectivity index (χ4v) is 3.46. The molecule has 120 valence electrons.